The van der Waals surface area contributed by atoms with Gasteiger partial charge in [0.05, 0.1) is 32.2 Å². The Bertz CT molecular complexity index is 1290. The molecule has 0 saturated heterocycles. The lowest BCUT2D eigenvalue weighted by atomic mass is 10.0. The van der Waals surface area contributed by atoms with Crippen LogP contribution in [0, 0.1) is 0 Å². The number of carbonyl (C=O) groups is 1. The highest BCUT2D eigenvalue weighted by Crippen LogP contribution is 2.27. The number of hydrogen-bond acceptors (Lipinski definition) is 5. The summed E-state index contributed by atoms with van der Waals surface area (Å²) in [4.78, 5) is 17.2. The SMILES string of the molecule is CCCCn1c(C(Cc2ccccc2)NCc2ccc(OC)c(C(=O)OC)c2)cnc1-c1ccccc1. The van der Waals surface area contributed by atoms with Crippen molar-refractivity contribution < 1.29 is 14.3 Å². The van der Waals surface area contributed by atoms with Gasteiger partial charge in [0.2, 0.25) is 0 Å². The van der Waals surface area contributed by atoms with Crippen LogP contribution in [-0.2, 0) is 24.2 Å². The summed E-state index contributed by atoms with van der Waals surface area (Å²) in [5.74, 6) is 1.08. The maximum atomic E-state index is 12.3. The van der Waals surface area contributed by atoms with Crippen LogP contribution in [0.2, 0.25) is 0 Å². The minimum Gasteiger partial charge on any atom is -0.496 e. The summed E-state index contributed by atoms with van der Waals surface area (Å²) in [7, 11) is 2.93. The zero-order chi connectivity index (χ0) is 26.0. The number of unbranched alkanes of at least 4 members (excludes halogenated alkanes) is 1. The summed E-state index contributed by atoms with van der Waals surface area (Å²) in [5, 5.41) is 3.75. The van der Waals surface area contributed by atoms with E-state index in [1.54, 1.807) is 7.11 Å². The molecule has 0 radical (unpaired) electrons. The van der Waals surface area contributed by atoms with Gasteiger partial charge in [0.1, 0.15) is 17.1 Å². The monoisotopic (exact) mass is 497 g/mol. The first-order chi connectivity index (χ1) is 18.1. The van der Waals surface area contributed by atoms with Crippen LogP contribution in [-0.4, -0.2) is 29.7 Å². The number of ether oxygens (including phenoxy) is 2. The zero-order valence-corrected chi connectivity index (χ0v) is 21.8. The molecule has 6 nitrogen and oxygen atoms in total. The molecule has 0 spiro atoms. The van der Waals surface area contributed by atoms with Crippen LogP contribution < -0.4 is 10.1 Å². The Morgan fingerprint density at radius 2 is 1.70 bits per heavy atom. The van der Waals surface area contributed by atoms with Crippen molar-refractivity contribution in [2.75, 3.05) is 14.2 Å². The molecular formula is C31H35N3O3. The van der Waals surface area contributed by atoms with Crippen LogP contribution in [0.5, 0.6) is 5.75 Å². The second-order valence-electron chi connectivity index (χ2n) is 9.03. The van der Waals surface area contributed by atoms with Gasteiger partial charge in [0.25, 0.3) is 0 Å². The summed E-state index contributed by atoms with van der Waals surface area (Å²) in [6, 6.07) is 26.5. The Kier molecular flexibility index (Phi) is 9.11. The van der Waals surface area contributed by atoms with E-state index >= 15 is 0 Å². The molecule has 0 aliphatic heterocycles. The minimum absolute atomic E-state index is 0.0212. The fourth-order valence-corrected chi connectivity index (χ4v) is 4.54. The smallest absolute Gasteiger partial charge is 0.341 e. The molecule has 0 amide bonds. The second kappa shape index (κ2) is 12.9. The lowest BCUT2D eigenvalue weighted by Crippen LogP contribution is -2.26. The van der Waals surface area contributed by atoms with Gasteiger partial charge >= 0.3 is 5.97 Å². The first kappa shape index (κ1) is 26.2. The molecule has 0 saturated carbocycles. The van der Waals surface area contributed by atoms with Crippen LogP contribution in [0.4, 0.5) is 0 Å². The summed E-state index contributed by atoms with van der Waals surface area (Å²) in [6.45, 7) is 3.68. The Morgan fingerprint density at radius 1 is 0.973 bits per heavy atom. The number of aromatic nitrogens is 2. The third kappa shape index (κ3) is 6.46. The average Bonchev–Trinajstić information content (AvgIpc) is 3.38. The van der Waals surface area contributed by atoms with Gasteiger partial charge in [-0.15, -0.1) is 0 Å². The summed E-state index contributed by atoms with van der Waals surface area (Å²) in [5.41, 5.74) is 4.90. The number of rotatable bonds is 12. The van der Waals surface area contributed by atoms with Gasteiger partial charge in [-0.25, -0.2) is 9.78 Å². The molecule has 1 aromatic heterocycles. The Labute approximate surface area is 219 Å². The zero-order valence-electron chi connectivity index (χ0n) is 21.8. The van der Waals surface area contributed by atoms with Crippen molar-refractivity contribution in [3.05, 3.63) is 107 Å². The topological polar surface area (TPSA) is 65.4 Å². The molecule has 37 heavy (non-hydrogen) atoms. The van der Waals surface area contributed by atoms with E-state index in [0.717, 1.165) is 48.5 Å². The van der Waals surface area contributed by atoms with Crippen molar-refractivity contribution in [1.29, 1.82) is 0 Å². The summed E-state index contributed by atoms with van der Waals surface area (Å²) < 4.78 is 12.7. The van der Waals surface area contributed by atoms with Gasteiger partial charge in [0.15, 0.2) is 0 Å². The van der Waals surface area contributed by atoms with Gasteiger partial charge < -0.3 is 19.4 Å². The molecule has 3 aromatic carbocycles. The van der Waals surface area contributed by atoms with Crippen molar-refractivity contribution in [3.8, 4) is 17.1 Å². The van der Waals surface area contributed by atoms with Crippen LogP contribution in [0.15, 0.2) is 85.1 Å². The predicted molar refractivity (Wildman–Crippen MR) is 147 cm³/mol. The molecule has 1 unspecified atom stereocenters. The molecule has 1 heterocycles. The molecular weight excluding hydrogens is 462 g/mol. The van der Waals surface area contributed by atoms with E-state index in [1.165, 1.54) is 12.7 Å². The normalized spacial score (nSPS) is 11.8. The quantitative estimate of drug-likeness (QED) is 0.235. The van der Waals surface area contributed by atoms with E-state index in [-0.39, 0.29) is 6.04 Å². The molecule has 1 atom stereocenters. The third-order valence-corrected chi connectivity index (χ3v) is 6.52. The molecule has 4 aromatic rings. The fraction of sp³-hybridized carbons (Fsp3) is 0.290. The number of hydrogen-bond donors (Lipinski definition) is 1. The van der Waals surface area contributed by atoms with Gasteiger partial charge in [-0.05, 0) is 36.1 Å². The van der Waals surface area contributed by atoms with E-state index in [9.17, 15) is 4.79 Å². The van der Waals surface area contributed by atoms with Crippen molar-refractivity contribution in [2.45, 2.75) is 45.3 Å². The van der Waals surface area contributed by atoms with E-state index < -0.39 is 5.97 Å². The summed E-state index contributed by atoms with van der Waals surface area (Å²) >= 11 is 0. The molecule has 0 aliphatic rings. The van der Waals surface area contributed by atoms with Crippen molar-refractivity contribution >= 4 is 5.97 Å². The second-order valence-corrected chi connectivity index (χ2v) is 9.03. The van der Waals surface area contributed by atoms with E-state index in [4.69, 9.17) is 14.5 Å². The number of nitrogens with one attached hydrogen (secondary N) is 1. The molecule has 1 N–H and O–H groups in total. The lowest BCUT2D eigenvalue weighted by molar-refractivity contribution is 0.0597. The molecule has 4 rings (SSSR count). The maximum absolute atomic E-state index is 12.3. The van der Waals surface area contributed by atoms with Crippen molar-refractivity contribution in [2.24, 2.45) is 0 Å². The Hall–Kier alpha value is -3.90. The molecule has 6 heteroatoms. The predicted octanol–water partition coefficient (Wildman–Crippen LogP) is 6.22. The summed E-state index contributed by atoms with van der Waals surface area (Å²) in [6.07, 6.45) is 4.99. The number of benzene rings is 3. The average molecular weight is 498 g/mol. The van der Waals surface area contributed by atoms with E-state index in [0.29, 0.717) is 17.9 Å². The van der Waals surface area contributed by atoms with Crippen LogP contribution in [0.1, 0.15) is 53.0 Å². The first-order valence-corrected chi connectivity index (χ1v) is 12.8. The number of nitrogens with zero attached hydrogens (tertiary/aromatic N) is 2. The van der Waals surface area contributed by atoms with E-state index in [1.807, 2.05) is 36.5 Å². The van der Waals surface area contributed by atoms with E-state index in [2.05, 4.69) is 65.3 Å². The number of methoxy groups -OCH3 is 2. The molecule has 0 bridgehead atoms. The standard InChI is InChI=1S/C31H35N3O3/c1-4-5-18-34-28(22-33-30(34)25-14-10-7-11-15-25)27(20-23-12-8-6-9-13-23)32-21-24-16-17-29(36-2)26(19-24)31(35)37-3/h6-17,19,22,27,32H,4-5,18,20-21H2,1-3H3. The van der Waals surface area contributed by atoms with Crippen molar-refractivity contribution in [3.63, 3.8) is 0 Å². The third-order valence-electron chi connectivity index (χ3n) is 6.52. The fourth-order valence-electron chi connectivity index (χ4n) is 4.54. The molecule has 0 fully saturated rings. The van der Waals surface area contributed by atoms with Gasteiger partial charge in [-0.1, -0.05) is 80.1 Å². The van der Waals surface area contributed by atoms with Gasteiger partial charge in [-0.3, -0.25) is 0 Å². The highest BCUT2D eigenvalue weighted by atomic mass is 16.5. The molecule has 0 aliphatic carbocycles. The lowest BCUT2D eigenvalue weighted by Gasteiger charge is -2.22. The van der Waals surface area contributed by atoms with Gasteiger partial charge in [-0.2, -0.15) is 0 Å². The number of carbonyl (C=O) groups excluding carboxylic acids is 1. The van der Waals surface area contributed by atoms with Crippen LogP contribution in [0.25, 0.3) is 11.4 Å². The Morgan fingerprint density at radius 3 is 2.38 bits per heavy atom. The first-order valence-electron chi connectivity index (χ1n) is 12.8. The van der Waals surface area contributed by atoms with Crippen molar-refractivity contribution in [1.82, 2.24) is 14.9 Å². The molecule has 192 valence electrons. The highest BCUT2D eigenvalue weighted by Gasteiger charge is 2.21. The maximum Gasteiger partial charge on any atom is 0.341 e. The van der Waals surface area contributed by atoms with Gasteiger partial charge in [0, 0.05) is 18.7 Å². The minimum atomic E-state index is -0.412. The highest BCUT2D eigenvalue weighted by molar-refractivity contribution is 5.92. The van der Waals surface area contributed by atoms with Crippen LogP contribution >= 0.6 is 0 Å². The van der Waals surface area contributed by atoms with Crippen LogP contribution in [0.3, 0.4) is 0 Å². The Balaban J connectivity index is 1.68. The number of esters is 1. The number of imidazole rings is 1. The largest absolute Gasteiger partial charge is 0.496 e.